The second-order valence-corrected chi connectivity index (χ2v) is 7.29. The Morgan fingerprint density at radius 1 is 1.26 bits per heavy atom. The van der Waals surface area contributed by atoms with Gasteiger partial charge in [0.1, 0.15) is 5.75 Å². The average molecular weight is 404 g/mol. The van der Waals surface area contributed by atoms with Gasteiger partial charge in [-0.2, -0.15) is 0 Å². The van der Waals surface area contributed by atoms with Gasteiger partial charge >= 0.3 is 0 Å². The lowest BCUT2D eigenvalue weighted by molar-refractivity contribution is -0.115. The number of benzene rings is 2. The fraction of sp³-hybridized carbons (Fsp3) is 0.211. The Morgan fingerprint density at radius 3 is 2.85 bits per heavy atom. The third-order valence-corrected chi connectivity index (χ3v) is 4.74. The van der Waals surface area contributed by atoms with E-state index in [9.17, 15) is 4.79 Å². The van der Waals surface area contributed by atoms with Crippen LogP contribution in [0.25, 0.3) is 11.5 Å². The van der Waals surface area contributed by atoms with Gasteiger partial charge in [0.25, 0.3) is 5.22 Å². The van der Waals surface area contributed by atoms with E-state index in [2.05, 4.69) is 15.5 Å². The molecular weight excluding hydrogens is 386 g/mol. The van der Waals surface area contributed by atoms with Crippen LogP contribution in [0, 0.1) is 0 Å². The van der Waals surface area contributed by atoms with Crippen molar-refractivity contribution in [2.45, 2.75) is 24.3 Å². The van der Waals surface area contributed by atoms with Crippen LogP contribution < -0.4 is 10.1 Å². The van der Waals surface area contributed by atoms with Crippen molar-refractivity contribution in [2.24, 2.45) is 0 Å². The summed E-state index contributed by atoms with van der Waals surface area (Å²) in [7, 11) is 0. The van der Waals surface area contributed by atoms with Gasteiger partial charge in [0.15, 0.2) is 0 Å². The number of amides is 1. The van der Waals surface area contributed by atoms with Crippen molar-refractivity contribution in [1.82, 2.24) is 10.2 Å². The van der Waals surface area contributed by atoms with Crippen molar-refractivity contribution in [1.29, 1.82) is 0 Å². The van der Waals surface area contributed by atoms with Crippen LogP contribution in [0.5, 0.6) is 5.75 Å². The number of nitrogens with zero attached hydrogens (tertiary/aromatic N) is 2. The lowest BCUT2D eigenvalue weighted by atomic mass is 10.2. The first-order valence-corrected chi connectivity index (χ1v) is 9.61. The van der Waals surface area contributed by atoms with Crippen LogP contribution in [0.2, 0.25) is 5.02 Å². The number of aromatic nitrogens is 2. The largest absolute Gasteiger partial charge is 0.492 e. The molecule has 0 unspecified atom stereocenters. The number of halogens is 1. The van der Waals surface area contributed by atoms with Gasteiger partial charge in [-0.05, 0) is 44.2 Å². The molecule has 0 fully saturated rings. The molecule has 2 aromatic carbocycles. The molecule has 0 saturated heterocycles. The molecule has 1 aromatic heterocycles. The molecule has 3 aromatic rings. The minimum atomic E-state index is -0.438. The van der Waals surface area contributed by atoms with Crippen LogP contribution >= 0.6 is 23.4 Å². The molecule has 1 amide bonds. The maximum Gasteiger partial charge on any atom is 0.277 e. The number of hydrogen-bond acceptors (Lipinski definition) is 6. The second-order valence-electron chi connectivity index (χ2n) is 5.56. The molecule has 0 aliphatic rings. The molecule has 1 N–H and O–H groups in total. The molecular formula is C19H18ClN3O3S. The van der Waals surface area contributed by atoms with Crippen LogP contribution in [0.1, 0.15) is 13.8 Å². The second kappa shape index (κ2) is 8.92. The highest BCUT2D eigenvalue weighted by atomic mass is 35.5. The van der Waals surface area contributed by atoms with Crippen molar-refractivity contribution < 1.29 is 13.9 Å². The molecule has 0 aliphatic heterocycles. The lowest BCUT2D eigenvalue weighted by Gasteiger charge is -2.13. The van der Waals surface area contributed by atoms with Crippen molar-refractivity contribution in [3.05, 3.63) is 53.6 Å². The number of anilines is 1. The van der Waals surface area contributed by atoms with E-state index in [-0.39, 0.29) is 5.91 Å². The number of thioether (sulfide) groups is 1. The van der Waals surface area contributed by atoms with E-state index in [0.29, 0.717) is 34.2 Å². The van der Waals surface area contributed by atoms with Crippen LogP contribution in [0.4, 0.5) is 5.69 Å². The highest BCUT2D eigenvalue weighted by molar-refractivity contribution is 8.00. The summed E-state index contributed by atoms with van der Waals surface area (Å²) < 4.78 is 11.2. The smallest absolute Gasteiger partial charge is 0.277 e. The molecule has 0 spiro atoms. The van der Waals surface area contributed by atoms with Crippen LogP contribution in [0.3, 0.4) is 0 Å². The Bertz CT molecular complexity index is 932. The third kappa shape index (κ3) is 5.02. The summed E-state index contributed by atoms with van der Waals surface area (Å²) >= 11 is 7.17. The molecule has 6 nitrogen and oxygen atoms in total. The maximum atomic E-state index is 12.5. The fourth-order valence-electron chi connectivity index (χ4n) is 2.29. The molecule has 1 heterocycles. The zero-order valence-electron chi connectivity index (χ0n) is 14.8. The number of carbonyl (C=O) groups is 1. The first-order chi connectivity index (χ1) is 13.1. The van der Waals surface area contributed by atoms with E-state index in [1.165, 1.54) is 11.8 Å². The van der Waals surface area contributed by atoms with Gasteiger partial charge in [0, 0.05) is 10.6 Å². The number of nitrogens with one attached hydrogen (secondary N) is 1. The molecule has 140 valence electrons. The number of para-hydroxylation sites is 2. The number of ether oxygens (including phenoxy) is 1. The first kappa shape index (κ1) is 19.3. The highest BCUT2D eigenvalue weighted by Crippen LogP contribution is 2.29. The predicted molar refractivity (Wildman–Crippen MR) is 106 cm³/mol. The van der Waals surface area contributed by atoms with Crippen molar-refractivity contribution in [3.63, 3.8) is 0 Å². The molecule has 0 saturated carbocycles. The van der Waals surface area contributed by atoms with E-state index in [1.807, 2.05) is 31.2 Å². The Hall–Kier alpha value is -2.51. The summed E-state index contributed by atoms with van der Waals surface area (Å²) in [5.41, 5.74) is 1.35. The van der Waals surface area contributed by atoms with Gasteiger partial charge in [-0.1, -0.05) is 41.6 Å². The summed E-state index contributed by atoms with van der Waals surface area (Å²) in [5.74, 6) is 0.801. The first-order valence-electron chi connectivity index (χ1n) is 8.35. The van der Waals surface area contributed by atoms with Gasteiger partial charge in [0.2, 0.25) is 11.8 Å². The van der Waals surface area contributed by atoms with Gasteiger partial charge in [-0.25, -0.2) is 0 Å². The number of carbonyl (C=O) groups excluding carboxylic acids is 1. The zero-order valence-corrected chi connectivity index (χ0v) is 16.4. The minimum Gasteiger partial charge on any atom is -0.492 e. The minimum absolute atomic E-state index is 0.186. The summed E-state index contributed by atoms with van der Waals surface area (Å²) in [5, 5.41) is 11.3. The SMILES string of the molecule is CCOc1ccccc1NC(=O)[C@H](C)Sc1nnc(-c2cccc(Cl)c2)o1. The number of rotatable bonds is 7. The normalized spacial score (nSPS) is 11.8. The van der Waals surface area contributed by atoms with Crippen molar-refractivity contribution in [2.75, 3.05) is 11.9 Å². The molecule has 3 rings (SSSR count). The monoisotopic (exact) mass is 403 g/mol. The van der Waals surface area contributed by atoms with E-state index in [0.717, 1.165) is 5.56 Å². The van der Waals surface area contributed by atoms with Gasteiger partial charge in [0.05, 0.1) is 17.5 Å². The van der Waals surface area contributed by atoms with Crippen LogP contribution in [0.15, 0.2) is 58.2 Å². The van der Waals surface area contributed by atoms with Gasteiger partial charge in [-0.3, -0.25) is 4.79 Å². The molecule has 27 heavy (non-hydrogen) atoms. The summed E-state index contributed by atoms with van der Waals surface area (Å²) in [6.45, 7) is 4.18. The Morgan fingerprint density at radius 2 is 2.07 bits per heavy atom. The molecule has 8 heteroatoms. The van der Waals surface area contributed by atoms with Crippen LogP contribution in [-0.2, 0) is 4.79 Å². The Labute approximate surface area is 166 Å². The third-order valence-electron chi connectivity index (χ3n) is 3.57. The van der Waals surface area contributed by atoms with E-state index >= 15 is 0 Å². The molecule has 0 radical (unpaired) electrons. The number of hydrogen-bond donors (Lipinski definition) is 1. The van der Waals surface area contributed by atoms with Crippen molar-refractivity contribution in [3.8, 4) is 17.2 Å². The Kier molecular flexibility index (Phi) is 6.36. The van der Waals surface area contributed by atoms with E-state index < -0.39 is 5.25 Å². The van der Waals surface area contributed by atoms with E-state index in [1.54, 1.807) is 31.2 Å². The van der Waals surface area contributed by atoms with Gasteiger partial charge < -0.3 is 14.5 Å². The Balaban J connectivity index is 1.65. The molecule has 0 aliphatic carbocycles. The summed E-state index contributed by atoms with van der Waals surface area (Å²) in [4.78, 5) is 12.5. The van der Waals surface area contributed by atoms with Crippen molar-refractivity contribution >= 4 is 35.0 Å². The highest BCUT2D eigenvalue weighted by Gasteiger charge is 2.20. The lowest BCUT2D eigenvalue weighted by Crippen LogP contribution is -2.22. The zero-order chi connectivity index (χ0) is 19.2. The maximum absolute atomic E-state index is 12.5. The topological polar surface area (TPSA) is 77.2 Å². The fourth-order valence-corrected chi connectivity index (χ4v) is 3.16. The average Bonchev–Trinajstić information content (AvgIpc) is 3.12. The van der Waals surface area contributed by atoms with Gasteiger partial charge in [-0.15, -0.1) is 10.2 Å². The standard InChI is InChI=1S/C19H18ClN3O3S/c1-3-25-16-10-5-4-9-15(16)21-17(24)12(2)27-19-23-22-18(26-19)13-7-6-8-14(20)11-13/h4-12H,3H2,1-2H3,(H,21,24)/t12-/m0/s1. The molecule has 0 bridgehead atoms. The predicted octanol–water partition coefficient (Wildman–Crippen LogP) is 4.91. The van der Waals surface area contributed by atoms with E-state index in [4.69, 9.17) is 20.8 Å². The summed E-state index contributed by atoms with van der Waals surface area (Å²) in [6.07, 6.45) is 0. The molecule has 1 atom stereocenters. The quantitative estimate of drug-likeness (QED) is 0.565. The summed E-state index contributed by atoms with van der Waals surface area (Å²) in [6, 6.07) is 14.4. The van der Waals surface area contributed by atoms with Crippen LogP contribution in [-0.4, -0.2) is 28.0 Å².